The van der Waals surface area contributed by atoms with Crippen molar-refractivity contribution in [1.29, 1.82) is 0 Å². The molecule has 1 rings (SSSR count). The monoisotopic (exact) mass is 478 g/mol. The first-order chi connectivity index (χ1) is 15.5. The summed E-state index contributed by atoms with van der Waals surface area (Å²) >= 11 is 0. The molecule has 0 saturated heterocycles. The quantitative estimate of drug-likeness (QED) is 0.246. The van der Waals surface area contributed by atoms with Crippen molar-refractivity contribution in [2.45, 2.75) is 158 Å². The van der Waals surface area contributed by atoms with Crippen LogP contribution < -0.4 is 0 Å². The summed E-state index contributed by atoms with van der Waals surface area (Å²) < 4.78 is 0. The van der Waals surface area contributed by atoms with Crippen molar-refractivity contribution in [3.05, 3.63) is 0 Å². The van der Waals surface area contributed by atoms with Gasteiger partial charge >= 0.3 is 0 Å². The minimum atomic E-state index is -3.96. The number of hydrogen-bond acceptors (Lipinski definition) is 8. The highest BCUT2D eigenvalue weighted by Gasteiger charge is 2.69. The molecule has 0 aromatic rings. The molecule has 8 N–H and O–H groups in total. The molecule has 0 spiro atoms. The lowest BCUT2D eigenvalue weighted by molar-refractivity contribution is -0.507. The zero-order valence-corrected chi connectivity index (χ0v) is 20.4. The molecule has 1 aliphatic rings. The molecule has 0 aliphatic heterocycles. The molecule has 8 nitrogen and oxygen atoms in total. The van der Waals surface area contributed by atoms with Crippen molar-refractivity contribution in [3.8, 4) is 0 Å². The smallest absolute Gasteiger partial charge is 0.279 e. The second kappa shape index (κ2) is 14.9. The largest absolute Gasteiger partial charge is 0.361 e. The Balaban J connectivity index is 2.66. The molecule has 0 atom stereocenters. The van der Waals surface area contributed by atoms with Gasteiger partial charge in [0.1, 0.15) is 0 Å². The van der Waals surface area contributed by atoms with Crippen LogP contribution >= 0.6 is 0 Å². The average molecular weight is 479 g/mol. The zero-order valence-electron chi connectivity index (χ0n) is 20.4. The molecule has 0 unspecified atom stereocenters. The highest BCUT2D eigenvalue weighted by Crippen LogP contribution is 2.39. The van der Waals surface area contributed by atoms with Gasteiger partial charge in [-0.3, -0.25) is 0 Å². The molecule has 8 heteroatoms. The van der Waals surface area contributed by atoms with Crippen LogP contribution in [0.4, 0.5) is 0 Å². The Bertz CT molecular complexity index is 461. The molecule has 0 amide bonds. The first-order valence-electron chi connectivity index (χ1n) is 13.2. The van der Waals surface area contributed by atoms with Crippen LogP contribution in [0, 0.1) is 0 Å². The van der Waals surface area contributed by atoms with Crippen LogP contribution in [0.5, 0.6) is 0 Å². The molecular weight excluding hydrogens is 428 g/mol. The molecule has 1 fully saturated rings. The molecular formula is C25H50O8. The number of aliphatic hydroxyl groups is 8. The molecule has 0 bridgehead atoms. The van der Waals surface area contributed by atoms with Crippen molar-refractivity contribution in [1.82, 2.24) is 0 Å². The van der Waals surface area contributed by atoms with E-state index in [4.69, 9.17) is 0 Å². The fourth-order valence-corrected chi connectivity index (χ4v) is 4.66. The van der Waals surface area contributed by atoms with Crippen LogP contribution in [0.1, 0.15) is 135 Å². The summed E-state index contributed by atoms with van der Waals surface area (Å²) in [4.78, 5) is 0. The van der Waals surface area contributed by atoms with E-state index < -0.39 is 36.0 Å². The molecule has 33 heavy (non-hydrogen) atoms. The summed E-state index contributed by atoms with van der Waals surface area (Å²) in [5, 5.41) is 81.5. The van der Waals surface area contributed by atoms with Gasteiger partial charge in [-0.15, -0.1) is 0 Å². The maximum atomic E-state index is 10.2. The minimum absolute atomic E-state index is 0.204. The SMILES string of the molecule is OC1(O)CCCCCCCCCCCCCCCCCCCCCC(O)(O)C(O)(O)C1(O)O. The van der Waals surface area contributed by atoms with Gasteiger partial charge in [-0.1, -0.05) is 109 Å². The van der Waals surface area contributed by atoms with Crippen LogP contribution in [0.2, 0.25) is 0 Å². The first-order valence-corrected chi connectivity index (χ1v) is 13.2. The number of rotatable bonds is 0. The predicted molar refractivity (Wildman–Crippen MR) is 126 cm³/mol. The van der Waals surface area contributed by atoms with Crippen molar-refractivity contribution in [3.63, 3.8) is 0 Å². The van der Waals surface area contributed by atoms with Gasteiger partial charge in [0.15, 0.2) is 0 Å². The van der Waals surface area contributed by atoms with Gasteiger partial charge < -0.3 is 40.9 Å². The lowest BCUT2D eigenvalue weighted by Gasteiger charge is -2.47. The van der Waals surface area contributed by atoms with Crippen LogP contribution in [0.25, 0.3) is 0 Å². The minimum Gasteiger partial charge on any atom is -0.361 e. The van der Waals surface area contributed by atoms with Gasteiger partial charge in [-0.25, -0.2) is 0 Å². The van der Waals surface area contributed by atoms with E-state index in [0.717, 1.165) is 38.5 Å². The fourth-order valence-electron chi connectivity index (χ4n) is 4.66. The third kappa shape index (κ3) is 10.1. The van der Waals surface area contributed by atoms with Gasteiger partial charge in [0, 0.05) is 12.8 Å². The van der Waals surface area contributed by atoms with Crippen molar-refractivity contribution >= 4 is 0 Å². The molecule has 0 radical (unpaired) electrons. The van der Waals surface area contributed by atoms with E-state index >= 15 is 0 Å². The summed E-state index contributed by atoms with van der Waals surface area (Å²) in [5.41, 5.74) is 0. The molecule has 198 valence electrons. The third-order valence-corrected chi connectivity index (χ3v) is 7.15. The van der Waals surface area contributed by atoms with Crippen LogP contribution in [-0.4, -0.2) is 64.0 Å². The van der Waals surface area contributed by atoms with Gasteiger partial charge in [-0.2, -0.15) is 0 Å². The van der Waals surface area contributed by atoms with E-state index in [1.54, 1.807) is 0 Å². The maximum absolute atomic E-state index is 10.2. The predicted octanol–water partition coefficient (Wildman–Crippen LogP) is 2.92. The summed E-state index contributed by atoms with van der Waals surface area (Å²) in [6.07, 6.45) is 17.6. The standard InChI is InChI=1S/C25H50O8/c26-22(27)20-18-16-14-12-10-8-6-4-2-1-3-5-7-9-11-13-15-17-19-21-23(28,29)25(32,33)24(22,30)31/h26-33H,1-21H2. The fraction of sp³-hybridized carbons (Fsp3) is 1.00. The molecule has 0 aromatic heterocycles. The summed E-state index contributed by atoms with van der Waals surface area (Å²) in [6, 6.07) is 0. The van der Waals surface area contributed by atoms with Crippen LogP contribution in [0.15, 0.2) is 0 Å². The third-order valence-electron chi connectivity index (χ3n) is 7.15. The highest BCUT2D eigenvalue weighted by atomic mass is 16.7. The van der Waals surface area contributed by atoms with Crippen molar-refractivity contribution < 1.29 is 40.9 Å². The van der Waals surface area contributed by atoms with Gasteiger partial charge in [0.2, 0.25) is 11.6 Å². The Hall–Kier alpha value is -0.320. The summed E-state index contributed by atoms with van der Waals surface area (Å²) in [5.74, 6) is -14.6. The van der Waals surface area contributed by atoms with E-state index in [1.165, 1.54) is 57.8 Å². The second-order valence-electron chi connectivity index (χ2n) is 10.2. The normalized spacial score (nSPS) is 27.6. The van der Waals surface area contributed by atoms with E-state index in [-0.39, 0.29) is 12.8 Å². The first kappa shape index (κ1) is 30.7. The lowest BCUT2D eigenvalue weighted by atomic mass is 9.84. The van der Waals surface area contributed by atoms with Gasteiger partial charge in [0.25, 0.3) is 11.6 Å². The molecule has 1 aliphatic carbocycles. The van der Waals surface area contributed by atoms with Crippen LogP contribution in [-0.2, 0) is 0 Å². The Morgan fingerprint density at radius 2 is 0.394 bits per heavy atom. The van der Waals surface area contributed by atoms with Crippen molar-refractivity contribution in [2.75, 3.05) is 0 Å². The summed E-state index contributed by atoms with van der Waals surface area (Å²) in [6.45, 7) is 0. The summed E-state index contributed by atoms with van der Waals surface area (Å²) in [7, 11) is 0. The second-order valence-corrected chi connectivity index (χ2v) is 10.2. The van der Waals surface area contributed by atoms with Crippen molar-refractivity contribution in [2.24, 2.45) is 0 Å². The molecule has 0 aromatic carbocycles. The topological polar surface area (TPSA) is 162 Å². The Kier molecular flexibility index (Phi) is 13.9. The van der Waals surface area contributed by atoms with E-state index in [0.29, 0.717) is 12.8 Å². The molecule has 0 heterocycles. The zero-order chi connectivity index (χ0) is 24.8. The average Bonchev–Trinajstić information content (AvgIpc) is 2.73. The highest BCUT2D eigenvalue weighted by molar-refractivity contribution is 5.00. The van der Waals surface area contributed by atoms with E-state index in [1.807, 2.05) is 0 Å². The maximum Gasteiger partial charge on any atom is 0.279 e. The van der Waals surface area contributed by atoms with E-state index in [9.17, 15) is 40.9 Å². The number of hydrogen-bond donors (Lipinski definition) is 8. The Morgan fingerprint density at radius 1 is 0.242 bits per heavy atom. The van der Waals surface area contributed by atoms with Gasteiger partial charge in [0.05, 0.1) is 0 Å². The Labute approximate surface area is 199 Å². The van der Waals surface area contributed by atoms with Gasteiger partial charge in [-0.05, 0) is 12.8 Å². The lowest BCUT2D eigenvalue weighted by Crippen LogP contribution is -2.76. The van der Waals surface area contributed by atoms with Crippen LogP contribution in [0.3, 0.4) is 0 Å². The Morgan fingerprint density at radius 3 is 0.576 bits per heavy atom. The molecule has 1 saturated carbocycles. The van der Waals surface area contributed by atoms with E-state index in [2.05, 4.69) is 0 Å².